The summed E-state index contributed by atoms with van der Waals surface area (Å²) in [5.41, 5.74) is 0.143. The number of nitriles is 1. The van der Waals surface area contributed by atoms with E-state index in [-0.39, 0.29) is 40.5 Å². The molecule has 1 aromatic carbocycles. The lowest BCUT2D eigenvalue weighted by atomic mass is 10.2. The van der Waals surface area contributed by atoms with Crippen LogP contribution in [0.15, 0.2) is 23.1 Å². The van der Waals surface area contributed by atoms with E-state index in [4.69, 9.17) is 16.9 Å². The van der Waals surface area contributed by atoms with E-state index >= 15 is 0 Å². The van der Waals surface area contributed by atoms with Gasteiger partial charge in [0.05, 0.1) is 15.5 Å². The molecule has 0 aliphatic heterocycles. The number of likely N-dealkylation sites (N-methyl/N-ethyl adjacent to an activating group) is 1. The van der Waals surface area contributed by atoms with Crippen LogP contribution in [0.4, 0.5) is 0 Å². The number of rotatable bonds is 6. The van der Waals surface area contributed by atoms with Crippen LogP contribution in [0.3, 0.4) is 0 Å². The summed E-state index contributed by atoms with van der Waals surface area (Å²) >= 11 is 5.77. The van der Waals surface area contributed by atoms with Crippen molar-refractivity contribution < 1.29 is 8.42 Å². The molecular formula is C12H17Cl2N3O2S. The van der Waals surface area contributed by atoms with E-state index in [9.17, 15) is 8.42 Å². The third-order valence-electron chi connectivity index (χ3n) is 2.50. The fourth-order valence-corrected chi connectivity index (χ4v) is 2.81. The van der Waals surface area contributed by atoms with E-state index in [1.807, 2.05) is 19.9 Å². The molecule has 0 saturated heterocycles. The van der Waals surface area contributed by atoms with Crippen LogP contribution in [0.2, 0.25) is 5.02 Å². The van der Waals surface area contributed by atoms with Crippen LogP contribution >= 0.6 is 24.0 Å². The zero-order valence-electron chi connectivity index (χ0n) is 11.2. The Kier molecular flexibility index (Phi) is 8.09. The summed E-state index contributed by atoms with van der Waals surface area (Å²) < 4.78 is 26.5. The maximum atomic E-state index is 12.0. The highest BCUT2D eigenvalue weighted by Gasteiger charge is 2.16. The molecule has 0 aromatic heterocycles. The van der Waals surface area contributed by atoms with Crippen molar-refractivity contribution in [3.8, 4) is 6.07 Å². The van der Waals surface area contributed by atoms with Crippen molar-refractivity contribution in [3.05, 3.63) is 28.8 Å². The normalized spacial score (nSPS) is 12.3. The smallest absolute Gasteiger partial charge is 0.240 e. The van der Waals surface area contributed by atoms with Gasteiger partial charge in [-0.15, -0.1) is 12.4 Å². The number of hydrogen-bond donors (Lipinski definition) is 2. The molecule has 20 heavy (non-hydrogen) atoms. The number of nitrogens with one attached hydrogen (secondary N) is 2. The van der Waals surface area contributed by atoms with Gasteiger partial charge < -0.3 is 5.32 Å². The standard InChI is InChI=1S/C12H16ClN3O2S.ClH/c1-3-15-9(2)8-16-19(17,18)11-4-5-12(13)10(6-11)7-14;/h4-6,9,15-16H,3,8H2,1-2H3;1H/t9-;/m1./s1. The van der Waals surface area contributed by atoms with Crippen molar-refractivity contribution in [2.75, 3.05) is 13.1 Å². The Hall–Kier alpha value is -0.840. The average Bonchev–Trinajstić information content (AvgIpc) is 2.37. The molecule has 1 rings (SSSR count). The highest BCUT2D eigenvalue weighted by Crippen LogP contribution is 2.19. The minimum Gasteiger partial charge on any atom is -0.313 e. The molecule has 0 spiro atoms. The lowest BCUT2D eigenvalue weighted by molar-refractivity contribution is 0.536. The SMILES string of the molecule is CCN[C@H](C)CNS(=O)(=O)c1ccc(Cl)c(C#N)c1.Cl. The van der Waals surface area contributed by atoms with Crippen LogP contribution < -0.4 is 10.0 Å². The highest BCUT2D eigenvalue weighted by molar-refractivity contribution is 7.89. The minimum atomic E-state index is -3.62. The number of hydrogen-bond acceptors (Lipinski definition) is 4. The molecule has 1 atom stereocenters. The lowest BCUT2D eigenvalue weighted by Gasteiger charge is -2.13. The van der Waals surface area contributed by atoms with E-state index in [1.54, 1.807) is 0 Å². The van der Waals surface area contributed by atoms with Crippen molar-refractivity contribution in [2.24, 2.45) is 0 Å². The number of sulfonamides is 1. The zero-order valence-corrected chi connectivity index (χ0v) is 13.6. The summed E-state index contributed by atoms with van der Waals surface area (Å²) in [5.74, 6) is 0. The average molecular weight is 338 g/mol. The molecule has 0 radical (unpaired) electrons. The Labute approximate surface area is 130 Å². The summed E-state index contributed by atoms with van der Waals surface area (Å²) in [5, 5.41) is 12.2. The van der Waals surface area contributed by atoms with Gasteiger partial charge in [0.2, 0.25) is 10.0 Å². The zero-order chi connectivity index (χ0) is 14.5. The second-order valence-electron chi connectivity index (χ2n) is 4.06. The molecule has 2 N–H and O–H groups in total. The van der Waals surface area contributed by atoms with Crippen LogP contribution in [0.5, 0.6) is 0 Å². The fraction of sp³-hybridized carbons (Fsp3) is 0.417. The quantitative estimate of drug-likeness (QED) is 0.830. The second kappa shape index (κ2) is 8.45. The van der Waals surface area contributed by atoms with Crippen LogP contribution in [0, 0.1) is 11.3 Å². The Morgan fingerprint density at radius 1 is 1.45 bits per heavy atom. The monoisotopic (exact) mass is 337 g/mol. The van der Waals surface area contributed by atoms with Gasteiger partial charge >= 0.3 is 0 Å². The van der Waals surface area contributed by atoms with E-state index in [0.717, 1.165) is 6.54 Å². The molecule has 8 heteroatoms. The molecule has 1 aromatic rings. The van der Waals surface area contributed by atoms with Gasteiger partial charge in [0, 0.05) is 12.6 Å². The highest BCUT2D eigenvalue weighted by atomic mass is 35.5. The Balaban J connectivity index is 0.00000361. The van der Waals surface area contributed by atoms with E-state index < -0.39 is 10.0 Å². The second-order valence-corrected chi connectivity index (χ2v) is 6.24. The van der Waals surface area contributed by atoms with Crippen molar-refractivity contribution in [1.82, 2.24) is 10.0 Å². The first-order chi connectivity index (χ1) is 8.90. The van der Waals surface area contributed by atoms with Crippen molar-refractivity contribution >= 4 is 34.0 Å². The first-order valence-corrected chi connectivity index (χ1v) is 7.69. The van der Waals surface area contributed by atoms with Gasteiger partial charge in [-0.2, -0.15) is 5.26 Å². The van der Waals surface area contributed by atoms with Gasteiger partial charge in [-0.1, -0.05) is 18.5 Å². The molecule has 112 valence electrons. The Morgan fingerprint density at radius 2 is 2.10 bits per heavy atom. The molecule has 5 nitrogen and oxygen atoms in total. The molecule has 0 heterocycles. The summed E-state index contributed by atoms with van der Waals surface area (Å²) in [7, 11) is -3.62. The summed E-state index contributed by atoms with van der Waals surface area (Å²) in [6.07, 6.45) is 0. The molecule has 0 saturated carbocycles. The van der Waals surface area contributed by atoms with Crippen LogP contribution in [0.25, 0.3) is 0 Å². The van der Waals surface area contributed by atoms with Crippen molar-refractivity contribution in [3.63, 3.8) is 0 Å². The number of nitrogens with zero attached hydrogens (tertiary/aromatic N) is 1. The van der Waals surface area contributed by atoms with Crippen LogP contribution in [0.1, 0.15) is 19.4 Å². The number of benzene rings is 1. The maximum Gasteiger partial charge on any atom is 0.240 e. The number of halogens is 2. The largest absolute Gasteiger partial charge is 0.313 e. The lowest BCUT2D eigenvalue weighted by Crippen LogP contribution is -2.38. The van der Waals surface area contributed by atoms with Gasteiger partial charge in [0.25, 0.3) is 0 Å². The van der Waals surface area contributed by atoms with Crippen LogP contribution in [-0.4, -0.2) is 27.5 Å². The summed E-state index contributed by atoms with van der Waals surface area (Å²) in [6, 6.07) is 5.94. The first kappa shape index (κ1) is 19.2. The van der Waals surface area contributed by atoms with Gasteiger partial charge in [0.1, 0.15) is 6.07 Å². The van der Waals surface area contributed by atoms with Gasteiger partial charge in [-0.3, -0.25) is 0 Å². The first-order valence-electron chi connectivity index (χ1n) is 5.83. The molecule has 0 bridgehead atoms. The Bertz CT molecular complexity index is 585. The molecular weight excluding hydrogens is 321 g/mol. The molecule has 0 unspecified atom stereocenters. The minimum absolute atomic E-state index is 0. The predicted octanol–water partition coefficient (Wildman–Crippen LogP) is 1.91. The maximum absolute atomic E-state index is 12.0. The molecule has 0 aliphatic carbocycles. The predicted molar refractivity (Wildman–Crippen MR) is 81.7 cm³/mol. The summed E-state index contributed by atoms with van der Waals surface area (Å²) in [6.45, 7) is 4.88. The third kappa shape index (κ3) is 5.27. The van der Waals surface area contributed by atoms with E-state index in [1.165, 1.54) is 18.2 Å². The van der Waals surface area contributed by atoms with Crippen LogP contribution in [-0.2, 0) is 10.0 Å². The van der Waals surface area contributed by atoms with Crippen molar-refractivity contribution in [2.45, 2.75) is 24.8 Å². The van der Waals surface area contributed by atoms with Crippen molar-refractivity contribution in [1.29, 1.82) is 5.26 Å². The van der Waals surface area contributed by atoms with E-state index in [0.29, 0.717) is 0 Å². The van der Waals surface area contributed by atoms with Gasteiger partial charge in [-0.25, -0.2) is 13.1 Å². The fourth-order valence-electron chi connectivity index (χ4n) is 1.50. The molecule has 0 amide bonds. The third-order valence-corrected chi connectivity index (χ3v) is 4.25. The Morgan fingerprint density at radius 3 is 2.65 bits per heavy atom. The van der Waals surface area contributed by atoms with E-state index in [2.05, 4.69) is 10.0 Å². The van der Waals surface area contributed by atoms with Gasteiger partial charge in [0.15, 0.2) is 0 Å². The topological polar surface area (TPSA) is 82.0 Å². The van der Waals surface area contributed by atoms with Gasteiger partial charge in [-0.05, 0) is 31.7 Å². The molecule has 0 aliphatic rings. The summed E-state index contributed by atoms with van der Waals surface area (Å²) in [4.78, 5) is 0.0390. The molecule has 0 fully saturated rings.